The zero-order chi connectivity index (χ0) is 25.2. The summed E-state index contributed by atoms with van der Waals surface area (Å²) < 4.78 is 61.1. The molecule has 0 amide bonds. The number of phosphoric acid groups is 1. The lowest BCUT2D eigenvalue weighted by atomic mass is 10.1. The Bertz CT molecular complexity index is 1330. The first-order chi connectivity index (χ1) is 16.6. The van der Waals surface area contributed by atoms with Crippen LogP contribution in [0.25, 0.3) is 5.57 Å². The summed E-state index contributed by atoms with van der Waals surface area (Å²) in [5.41, 5.74) is 7.71. The van der Waals surface area contributed by atoms with Crippen LogP contribution in [-0.2, 0) is 15.5 Å². The number of hydrogen-bond acceptors (Lipinski definition) is 8. The van der Waals surface area contributed by atoms with Crippen molar-refractivity contribution in [3.63, 3.8) is 0 Å². The number of phosphoric ester groups is 1. The number of hydrogen-bond donors (Lipinski definition) is 4. The Labute approximate surface area is 196 Å². The molecule has 35 heavy (non-hydrogen) atoms. The van der Waals surface area contributed by atoms with E-state index in [4.69, 9.17) is 20.0 Å². The van der Waals surface area contributed by atoms with Gasteiger partial charge in [-0.3, -0.25) is 4.52 Å². The average Bonchev–Trinajstić information content (AvgIpc) is 3.27. The third-order valence-corrected chi connectivity index (χ3v) is 5.41. The van der Waals surface area contributed by atoms with Crippen LogP contribution in [0, 0.1) is 17.5 Å². The molecule has 1 aromatic carbocycles. The maximum Gasteiger partial charge on any atom is 0.471 e. The van der Waals surface area contributed by atoms with Crippen LogP contribution >= 0.6 is 7.82 Å². The molecule has 0 aliphatic carbocycles. The molecule has 3 aromatic rings. The molecular weight excluding hydrogens is 490 g/mol. The van der Waals surface area contributed by atoms with E-state index < -0.39 is 38.2 Å². The van der Waals surface area contributed by atoms with E-state index >= 15 is 0 Å². The molecule has 0 spiro atoms. The van der Waals surface area contributed by atoms with Crippen LogP contribution in [0.1, 0.15) is 17.0 Å². The molecule has 14 heteroatoms. The van der Waals surface area contributed by atoms with Crippen molar-refractivity contribution in [1.29, 1.82) is 0 Å². The number of pyridine rings is 1. The second-order valence-electron chi connectivity index (χ2n) is 7.43. The van der Waals surface area contributed by atoms with Gasteiger partial charge >= 0.3 is 7.82 Å². The van der Waals surface area contributed by atoms with Gasteiger partial charge in [0.1, 0.15) is 18.7 Å². The molecule has 0 radical (unpaired) electrons. The number of anilines is 2. The standard InChI is InChI=1S/C21H19F3N5O5P/c22-15-4-5-16(20(24)19(15)23)27-18-6-3-12(10-26-18)8-13-9-17(34-28-13)14-2-1-7-29(21(14)25)11-33-35(30,31)32/h1-7,9-10,21H,8,11,25H2,(H,26,27)(H2,30,31,32). The summed E-state index contributed by atoms with van der Waals surface area (Å²) in [4.78, 5) is 23.3. The number of nitrogens with one attached hydrogen (secondary N) is 1. The van der Waals surface area contributed by atoms with E-state index in [1.165, 1.54) is 17.3 Å². The number of nitrogens with zero attached hydrogens (tertiary/aromatic N) is 3. The topological polar surface area (TPSA) is 147 Å². The van der Waals surface area contributed by atoms with Gasteiger partial charge in [-0.25, -0.2) is 22.7 Å². The molecule has 184 valence electrons. The van der Waals surface area contributed by atoms with E-state index in [-0.39, 0.29) is 11.5 Å². The Morgan fingerprint density at radius 3 is 2.71 bits per heavy atom. The largest absolute Gasteiger partial charge is 0.471 e. The highest BCUT2D eigenvalue weighted by molar-refractivity contribution is 7.46. The molecule has 0 bridgehead atoms. The van der Waals surface area contributed by atoms with E-state index in [1.54, 1.807) is 30.4 Å². The van der Waals surface area contributed by atoms with Gasteiger partial charge in [0.2, 0.25) is 0 Å². The molecule has 0 saturated heterocycles. The highest BCUT2D eigenvalue weighted by Gasteiger charge is 2.25. The van der Waals surface area contributed by atoms with Crippen molar-refractivity contribution < 1.29 is 36.6 Å². The van der Waals surface area contributed by atoms with Gasteiger partial charge in [-0.15, -0.1) is 0 Å². The first-order valence-corrected chi connectivity index (χ1v) is 11.5. The van der Waals surface area contributed by atoms with E-state index in [9.17, 15) is 17.7 Å². The van der Waals surface area contributed by atoms with Crippen LogP contribution in [-0.4, -0.2) is 37.7 Å². The third kappa shape index (κ3) is 5.96. The van der Waals surface area contributed by atoms with Crippen LogP contribution in [0.2, 0.25) is 0 Å². The van der Waals surface area contributed by atoms with Crippen LogP contribution in [0.4, 0.5) is 24.7 Å². The van der Waals surface area contributed by atoms with E-state index in [2.05, 4.69) is 20.0 Å². The molecule has 1 aliphatic heterocycles. The number of benzene rings is 1. The molecule has 0 saturated carbocycles. The van der Waals surface area contributed by atoms with Crippen molar-refractivity contribution in [2.45, 2.75) is 12.6 Å². The third-order valence-electron chi connectivity index (χ3n) is 4.96. The summed E-state index contributed by atoms with van der Waals surface area (Å²) in [5, 5.41) is 6.60. The minimum absolute atomic E-state index is 0.224. The van der Waals surface area contributed by atoms with Gasteiger partial charge in [0.15, 0.2) is 23.2 Å². The number of aromatic nitrogens is 2. The summed E-state index contributed by atoms with van der Waals surface area (Å²) >= 11 is 0. The first-order valence-electron chi connectivity index (χ1n) is 10.0. The molecule has 5 N–H and O–H groups in total. The Morgan fingerprint density at radius 2 is 2.00 bits per heavy atom. The van der Waals surface area contributed by atoms with Crippen LogP contribution in [0.5, 0.6) is 0 Å². The first kappa shape index (κ1) is 24.6. The van der Waals surface area contributed by atoms with Crippen molar-refractivity contribution in [3.8, 4) is 0 Å². The zero-order valence-corrected chi connectivity index (χ0v) is 18.7. The maximum absolute atomic E-state index is 13.8. The lowest BCUT2D eigenvalue weighted by Gasteiger charge is -2.30. The molecule has 1 aliphatic rings. The van der Waals surface area contributed by atoms with Gasteiger partial charge in [-0.05, 0) is 29.8 Å². The molecule has 10 nitrogen and oxygen atoms in total. The molecule has 2 aromatic heterocycles. The fourth-order valence-electron chi connectivity index (χ4n) is 3.22. The van der Waals surface area contributed by atoms with Crippen LogP contribution in [0.3, 0.4) is 0 Å². The van der Waals surface area contributed by atoms with Gasteiger partial charge in [-0.2, -0.15) is 0 Å². The van der Waals surface area contributed by atoms with Crippen molar-refractivity contribution in [2.24, 2.45) is 5.73 Å². The normalized spacial score (nSPS) is 15.9. The van der Waals surface area contributed by atoms with Crippen molar-refractivity contribution in [1.82, 2.24) is 15.0 Å². The highest BCUT2D eigenvalue weighted by atomic mass is 31.2. The Balaban J connectivity index is 1.40. The SMILES string of the molecule is NC1C(c2cc(Cc3ccc(Nc4ccc(F)c(F)c4F)nc3)no2)=CC=CN1COP(=O)(O)O. The van der Waals surface area contributed by atoms with Crippen molar-refractivity contribution in [3.05, 3.63) is 89.3 Å². The maximum atomic E-state index is 13.8. The fraction of sp³-hybridized carbons (Fsp3) is 0.143. The minimum Gasteiger partial charge on any atom is -0.356 e. The van der Waals surface area contributed by atoms with Gasteiger partial charge in [-0.1, -0.05) is 17.3 Å². The van der Waals surface area contributed by atoms with E-state index in [0.717, 1.165) is 17.7 Å². The Kier molecular flexibility index (Phi) is 7.05. The van der Waals surface area contributed by atoms with Gasteiger partial charge in [0.25, 0.3) is 0 Å². The summed E-state index contributed by atoms with van der Waals surface area (Å²) in [6.07, 6.45) is 5.87. The number of allylic oxidation sites excluding steroid dienone is 2. The number of halogens is 3. The summed E-state index contributed by atoms with van der Waals surface area (Å²) in [5.74, 6) is -3.62. The van der Waals surface area contributed by atoms with Gasteiger partial charge in [0.05, 0.1) is 11.4 Å². The van der Waals surface area contributed by atoms with E-state index in [1.807, 2.05) is 0 Å². The fourth-order valence-corrected chi connectivity index (χ4v) is 3.51. The lowest BCUT2D eigenvalue weighted by molar-refractivity contribution is 0.110. The smallest absolute Gasteiger partial charge is 0.356 e. The van der Waals surface area contributed by atoms with Gasteiger partial charge < -0.3 is 30.3 Å². The molecule has 0 fully saturated rings. The van der Waals surface area contributed by atoms with E-state index in [0.29, 0.717) is 23.4 Å². The summed E-state index contributed by atoms with van der Waals surface area (Å²) in [6.45, 7) is -0.430. The van der Waals surface area contributed by atoms with Crippen LogP contribution < -0.4 is 11.1 Å². The molecule has 4 rings (SSSR count). The Hall–Kier alpha value is -3.48. The second kappa shape index (κ2) is 10.0. The van der Waals surface area contributed by atoms with Crippen molar-refractivity contribution in [2.75, 3.05) is 12.0 Å². The predicted molar refractivity (Wildman–Crippen MR) is 118 cm³/mol. The van der Waals surface area contributed by atoms with Crippen LogP contribution in [0.15, 0.2) is 59.4 Å². The minimum atomic E-state index is -4.66. The monoisotopic (exact) mass is 509 g/mol. The average molecular weight is 509 g/mol. The molecule has 1 unspecified atom stereocenters. The zero-order valence-electron chi connectivity index (χ0n) is 17.8. The summed E-state index contributed by atoms with van der Waals surface area (Å²) in [7, 11) is -4.66. The second-order valence-corrected chi connectivity index (χ2v) is 8.67. The summed E-state index contributed by atoms with van der Waals surface area (Å²) in [6, 6.07) is 6.77. The quantitative estimate of drug-likeness (QED) is 0.263. The molecule has 3 heterocycles. The molecule has 1 atom stereocenters. The van der Waals surface area contributed by atoms with Gasteiger partial charge in [0, 0.05) is 30.5 Å². The highest BCUT2D eigenvalue weighted by Crippen LogP contribution is 2.36. The number of rotatable bonds is 8. The lowest BCUT2D eigenvalue weighted by Crippen LogP contribution is -2.41. The molecular formula is C21H19F3N5O5P. The van der Waals surface area contributed by atoms with Crippen molar-refractivity contribution >= 4 is 24.9 Å². The predicted octanol–water partition coefficient (Wildman–Crippen LogP) is 3.39. The Morgan fingerprint density at radius 1 is 1.20 bits per heavy atom. The number of nitrogens with two attached hydrogens (primary N) is 1.